The predicted octanol–water partition coefficient (Wildman–Crippen LogP) is 2.21. The SMILES string of the molecule is Cc1cnc(CNC(C)Cc2ccc(O)cc2)cn1. The van der Waals surface area contributed by atoms with Gasteiger partial charge in [0.15, 0.2) is 0 Å². The molecule has 0 fully saturated rings. The lowest BCUT2D eigenvalue weighted by atomic mass is 10.1. The van der Waals surface area contributed by atoms with Crippen LogP contribution in [-0.2, 0) is 13.0 Å². The molecule has 1 aromatic carbocycles. The van der Waals surface area contributed by atoms with Crippen molar-refractivity contribution in [1.82, 2.24) is 15.3 Å². The van der Waals surface area contributed by atoms with Crippen LogP contribution in [0.15, 0.2) is 36.7 Å². The Kier molecular flexibility index (Phi) is 4.47. The van der Waals surface area contributed by atoms with Crippen LogP contribution < -0.4 is 5.32 Å². The van der Waals surface area contributed by atoms with Gasteiger partial charge in [-0.2, -0.15) is 0 Å². The summed E-state index contributed by atoms with van der Waals surface area (Å²) in [7, 11) is 0. The highest BCUT2D eigenvalue weighted by molar-refractivity contribution is 5.26. The van der Waals surface area contributed by atoms with E-state index < -0.39 is 0 Å². The van der Waals surface area contributed by atoms with Gasteiger partial charge in [-0.3, -0.25) is 9.97 Å². The van der Waals surface area contributed by atoms with E-state index in [1.165, 1.54) is 5.56 Å². The summed E-state index contributed by atoms with van der Waals surface area (Å²) in [5.41, 5.74) is 3.08. The summed E-state index contributed by atoms with van der Waals surface area (Å²) in [6, 6.07) is 7.66. The van der Waals surface area contributed by atoms with Gasteiger partial charge < -0.3 is 10.4 Å². The minimum atomic E-state index is 0.305. The average Bonchev–Trinajstić information content (AvgIpc) is 2.41. The fraction of sp³-hybridized carbons (Fsp3) is 0.333. The molecule has 1 heterocycles. The molecule has 4 nitrogen and oxygen atoms in total. The Morgan fingerprint density at radius 2 is 1.89 bits per heavy atom. The van der Waals surface area contributed by atoms with Crippen LogP contribution in [0.4, 0.5) is 0 Å². The third-order valence-corrected chi connectivity index (χ3v) is 2.94. The van der Waals surface area contributed by atoms with Gasteiger partial charge in [-0.25, -0.2) is 0 Å². The summed E-state index contributed by atoms with van der Waals surface area (Å²) in [4.78, 5) is 8.53. The maximum absolute atomic E-state index is 9.23. The van der Waals surface area contributed by atoms with Crippen molar-refractivity contribution in [3.8, 4) is 5.75 Å². The highest BCUT2D eigenvalue weighted by Crippen LogP contribution is 2.11. The highest BCUT2D eigenvalue weighted by Gasteiger charge is 2.04. The predicted molar refractivity (Wildman–Crippen MR) is 74.9 cm³/mol. The molecule has 0 aliphatic rings. The molecule has 19 heavy (non-hydrogen) atoms. The third kappa shape index (κ3) is 4.34. The van der Waals surface area contributed by atoms with Gasteiger partial charge in [0.05, 0.1) is 11.4 Å². The molecule has 0 aliphatic heterocycles. The molecule has 100 valence electrons. The van der Waals surface area contributed by atoms with Gasteiger partial charge in [0.2, 0.25) is 0 Å². The molecule has 0 bridgehead atoms. The van der Waals surface area contributed by atoms with Crippen molar-refractivity contribution in [2.24, 2.45) is 0 Å². The van der Waals surface area contributed by atoms with E-state index in [1.807, 2.05) is 19.1 Å². The Labute approximate surface area is 113 Å². The number of aromatic hydroxyl groups is 1. The molecule has 0 amide bonds. The zero-order valence-electron chi connectivity index (χ0n) is 11.3. The van der Waals surface area contributed by atoms with E-state index in [9.17, 15) is 5.11 Å². The fourth-order valence-electron chi connectivity index (χ4n) is 1.85. The zero-order chi connectivity index (χ0) is 13.7. The number of benzene rings is 1. The van der Waals surface area contributed by atoms with Gasteiger partial charge in [-0.1, -0.05) is 12.1 Å². The lowest BCUT2D eigenvalue weighted by molar-refractivity contribution is 0.474. The van der Waals surface area contributed by atoms with E-state index in [2.05, 4.69) is 22.2 Å². The van der Waals surface area contributed by atoms with E-state index >= 15 is 0 Å². The van der Waals surface area contributed by atoms with E-state index in [0.29, 0.717) is 18.3 Å². The minimum Gasteiger partial charge on any atom is -0.508 e. The van der Waals surface area contributed by atoms with Gasteiger partial charge in [0, 0.05) is 25.0 Å². The van der Waals surface area contributed by atoms with Gasteiger partial charge in [0.1, 0.15) is 5.75 Å². The van der Waals surface area contributed by atoms with Crippen molar-refractivity contribution >= 4 is 0 Å². The molecule has 0 saturated carbocycles. The number of nitrogens with one attached hydrogen (secondary N) is 1. The van der Waals surface area contributed by atoms with Crippen LogP contribution in [0.2, 0.25) is 0 Å². The third-order valence-electron chi connectivity index (χ3n) is 2.94. The Hall–Kier alpha value is -1.94. The van der Waals surface area contributed by atoms with Gasteiger partial charge in [-0.05, 0) is 38.0 Å². The summed E-state index contributed by atoms with van der Waals surface area (Å²) < 4.78 is 0. The van der Waals surface area contributed by atoms with E-state index in [0.717, 1.165) is 17.8 Å². The van der Waals surface area contributed by atoms with Crippen LogP contribution in [0.5, 0.6) is 5.75 Å². The second-order valence-electron chi connectivity index (χ2n) is 4.80. The van der Waals surface area contributed by atoms with Crippen molar-refractivity contribution < 1.29 is 5.11 Å². The number of hydrogen-bond donors (Lipinski definition) is 2. The molecular weight excluding hydrogens is 238 g/mol. The Morgan fingerprint density at radius 1 is 1.16 bits per heavy atom. The first kappa shape index (κ1) is 13.5. The Morgan fingerprint density at radius 3 is 2.53 bits per heavy atom. The first-order chi connectivity index (χ1) is 9.13. The molecule has 4 heteroatoms. The summed E-state index contributed by atoms with van der Waals surface area (Å²) in [5.74, 6) is 0.305. The van der Waals surface area contributed by atoms with Crippen LogP contribution in [0.1, 0.15) is 23.9 Å². The quantitative estimate of drug-likeness (QED) is 0.862. The van der Waals surface area contributed by atoms with E-state index in [4.69, 9.17) is 0 Å². The van der Waals surface area contributed by atoms with Crippen LogP contribution in [0, 0.1) is 6.92 Å². The number of phenolic OH excluding ortho intramolecular Hbond substituents is 1. The monoisotopic (exact) mass is 257 g/mol. The normalized spacial score (nSPS) is 12.3. The molecule has 1 unspecified atom stereocenters. The largest absolute Gasteiger partial charge is 0.508 e. The fourth-order valence-corrected chi connectivity index (χ4v) is 1.85. The number of hydrogen-bond acceptors (Lipinski definition) is 4. The summed E-state index contributed by atoms with van der Waals surface area (Å²) in [6.45, 7) is 4.78. The molecule has 0 saturated heterocycles. The summed E-state index contributed by atoms with van der Waals surface area (Å²) >= 11 is 0. The molecule has 2 aromatic rings. The van der Waals surface area contributed by atoms with Crippen molar-refractivity contribution in [2.45, 2.75) is 32.9 Å². The smallest absolute Gasteiger partial charge is 0.115 e. The molecule has 1 aromatic heterocycles. The lowest BCUT2D eigenvalue weighted by Crippen LogP contribution is -2.28. The standard InChI is InChI=1S/C15H19N3O/c1-11(7-13-3-5-15(19)6-4-13)16-9-14-10-17-12(2)8-18-14/h3-6,8,10-11,16,19H,7,9H2,1-2H3. The van der Waals surface area contributed by atoms with Crippen molar-refractivity contribution in [2.75, 3.05) is 0 Å². The van der Waals surface area contributed by atoms with E-state index in [-0.39, 0.29) is 0 Å². The topological polar surface area (TPSA) is 58.0 Å². The van der Waals surface area contributed by atoms with Crippen LogP contribution >= 0.6 is 0 Å². The number of rotatable bonds is 5. The average molecular weight is 257 g/mol. The Bertz CT molecular complexity index is 508. The molecule has 0 radical (unpaired) electrons. The van der Waals surface area contributed by atoms with Crippen LogP contribution in [-0.4, -0.2) is 21.1 Å². The number of aromatic nitrogens is 2. The lowest BCUT2D eigenvalue weighted by Gasteiger charge is -2.13. The van der Waals surface area contributed by atoms with Gasteiger partial charge in [0.25, 0.3) is 0 Å². The summed E-state index contributed by atoms with van der Waals surface area (Å²) in [6.07, 6.45) is 4.50. The number of nitrogens with zero attached hydrogens (tertiary/aromatic N) is 2. The van der Waals surface area contributed by atoms with Gasteiger partial charge in [-0.15, -0.1) is 0 Å². The molecule has 0 spiro atoms. The number of phenols is 1. The molecule has 0 aliphatic carbocycles. The van der Waals surface area contributed by atoms with Crippen LogP contribution in [0.3, 0.4) is 0 Å². The highest BCUT2D eigenvalue weighted by atomic mass is 16.3. The molecule has 1 atom stereocenters. The molecule has 2 N–H and O–H groups in total. The Balaban J connectivity index is 1.82. The molecule has 2 rings (SSSR count). The first-order valence-electron chi connectivity index (χ1n) is 6.42. The first-order valence-corrected chi connectivity index (χ1v) is 6.42. The minimum absolute atomic E-state index is 0.305. The molecular formula is C15H19N3O. The van der Waals surface area contributed by atoms with Gasteiger partial charge >= 0.3 is 0 Å². The summed E-state index contributed by atoms with van der Waals surface area (Å²) in [5, 5.41) is 12.7. The second kappa shape index (κ2) is 6.29. The van der Waals surface area contributed by atoms with Crippen LogP contribution in [0.25, 0.3) is 0 Å². The van der Waals surface area contributed by atoms with E-state index in [1.54, 1.807) is 24.5 Å². The second-order valence-corrected chi connectivity index (χ2v) is 4.80. The zero-order valence-corrected chi connectivity index (χ0v) is 11.3. The van der Waals surface area contributed by atoms with Crippen molar-refractivity contribution in [1.29, 1.82) is 0 Å². The maximum Gasteiger partial charge on any atom is 0.115 e. The van der Waals surface area contributed by atoms with Crippen molar-refractivity contribution in [3.05, 3.63) is 53.6 Å². The van der Waals surface area contributed by atoms with Crippen molar-refractivity contribution in [3.63, 3.8) is 0 Å². The number of aryl methyl sites for hydroxylation is 1. The maximum atomic E-state index is 9.23.